The van der Waals surface area contributed by atoms with Gasteiger partial charge in [0, 0.05) is 19.3 Å². The Bertz CT molecular complexity index is 1390. The van der Waals surface area contributed by atoms with Crippen molar-refractivity contribution < 1.29 is 28.6 Å². The molecule has 0 N–H and O–H groups in total. The largest absolute Gasteiger partial charge is 0.462 e. The Morgan fingerprint density at radius 1 is 0.269 bits per heavy atom. The molecule has 78 heavy (non-hydrogen) atoms. The first-order chi connectivity index (χ1) is 38.5. The second-order valence-electron chi connectivity index (χ2n) is 23.1. The van der Waals surface area contributed by atoms with Crippen LogP contribution in [0.3, 0.4) is 0 Å². The van der Waals surface area contributed by atoms with Gasteiger partial charge in [0.1, 0.15) is 13.2 Å². The first kappa shape index (κ1) is 75.1. The van der Waals surface area contributed by atoms with Crippen LogP contribution < -0.4 is 0 Å². The van der Waals surface area contributed by atoms with E-state index < -0.39 is 6.10 Å². The van der Waals surface area contributed by atoms with Gasteiger partial charge in [-0.1, -0.05) is 319 Å². The average molecular weight is 1090 g/mol. The van der Waals surface area contributed by atoms with Gasteiger partial charge >= 0.3 is 17.9 Å². The second-order valence-corrected chi connectivity index (χ2v) is 23.1. The average Bonchev–Trinajstić information content (AvgIpc) is 3.44. The molecule has 0 saturated carbocycles. The van der Waals surface area contributed by atoms with E-state index in [2.05, 4.69) is 81.5 Å². The normalized spacial score (nSPS) is 12.4. The molecule has 0 aliphatic carbocycles. The lowest BCUT2D eigenvalue weighted by atomic mass is 10.0. The summed E-state index contributed by atoms with van der Waals surface area (Å²) in [7, 11) is 0. The highest BCUT2D eigenvalue weighted by molar-refractivity contribution is 5.71. The summed E-state index contributed by atoms with van der Waals surface area (Å²) in [5, 5.41) is 0. The summed E-state index contributed by atoms with van der Waals surface area (Å²) >= 11 is 0. The van der Waals surface area contributed by atoms with Crippen LogP contribution in [-0.4, -0.2) is 37.2 Å². The summed E-state index contributed by atoms with van der Waals surface area (Å²) in [6, 6.07) is 0. The number of rotatable bonds is 63. The predicted molar refractivity (Wildman–Crippen MR) is 339 cm³/mol. The number of hydrogen-bond acceptors (Lipinski definition) is 6. The molecule has 0 heterocycles. The number of unbranched alkanes of at least 4 members (excludes halogenated alkanes) is 42. The van der Waals surface area contributed by atoms with Gasteiger partial charge in [0.2, 0.25) is 0 Å². The Morgan fingerprint density at radius 3 is 0.795 bits per heavy atom. The maximum atomic E-state index is 13.0. The van der Waals surface area contributed by atoms with Crippen LogP contribution in [0.25, 0.3) is 0 Å². The van der Waals surface area contributed by atoms with E-state index in [9.17, 15) is 14.4 Å². The molecule has 454 valence electrons. The van der Waals surface area contributed by atoms with Gasteiger partial charge in [-0.3, -0.25) is 14.4 Å². The van der Waals surface area contributed by atoms with Gasteiger partial charge in [-0.25, -0.2) is 0 Å². The highest BCUT2D eigenvalue weighted by atomic mass is 16.6. The van der Waals surface area contributed by atoms with E-state index in [1.165, 1.54) is 231 Å². The van der Waals surface area contributed by atoms with Gasteiger partial charge in [-0.2, -0.15) is 0 Å². The van der Waals surface area contributed by atoms with E-state index in [0.29, 0.717) is 19.3 Å². The Hall–Kier alpha value is -2.89. The zero-order valence-electron chi connectivity index (χ0n) is 52.2. The standard InChI is InChI=1S/C72H130O6/c1-4-7-10-13-16-19-22-25-28-30-32-34-36-38-39-41-44-47-50-53-56-59-62-65-71(74)77-68-69(67-76-70(73)64-61-58-55-52-49-46-43-27-24-21-18-15-12-9-6-3)78-72(75)66-63-60-57-54-51-48-45-42-40-37-35-33-31-29-26-23-20-17-14-11-8-5-2/h7,10,16,19,25,27-28,32,34,43,69H,4-6,8-9,11-15,17-18,20-24,26,29-31,33,35-42,44-68H2,1-3H3/b10-7-,19-16-,28-25-,34-32-,43-27-. The molecule has 0 spiro atoms. The third kappa shape index (κ3) is 63.9. The number of ether oxygens (including phenoxy) is 3. The van der Waals surface area contributed by atoms with E-state index in [4.69, 9.17) is 14.2 Å². The van der Waals surface area contributed by atoms with Crippen LogP contribution in [0, 0.1) is 0 Å². The van der Waals surface area contributed by atoms with Crippen molar-refractivity contribution in [2.24, 2.45) is 0 Å². The van der Waals surface area contributed by atoms with Crippen LogP contribution in [0.15, 0.2) is 60.8 Å². The molecule has 0 rings (SSSR count). The Morgan fingerprint density at radius 2 is 0.500 bits per heavy atom. The monoisotopic (exact) mass is 1090 g/mol. The topological polar surface area (TPSA) is 78.9 Å². The van der Waals surface area contributed by atoms with E-state index >= 15 is 0 Å². The predicted octanol–water partition coefficient (Wildman–Crippen LogP) is 23.5. The fourth-order valence-electron chi connectivity index (χ4n) is 10.1. The molecule has 1 atom stereocenters. The Kier molecular flexibility index (Phi) is 64.2. The van der Waals surface area contributed by atoms with Gasteiger partial charge in [0.15, 0.2) is 6.10 Å². The summed E-state index contributed by atoms with van der Waals surface area (Å²) in [4.78, 5) is 38.4. The SMILES string of the molecule is CC/C=C\C/C=C\C/C=C\C/C=C\CCCCCCCCCCCCC(=O)OCC(COC(=O)CCCCCCC/C=C\CCCCCCCC)OC(=O)CCCCCCCCCCCCCCCCCCCCCCCC. The van der Waals surface area contributed by atoms with E-state index in [1.54, 1.807) is 0 Å². The highest BCUT2D eigenvalue weighted by Crippen LogP contribution is 2.18. The minimum absolute atomic E-state index is 0.0753. The van der Waals surface area contributed by atoms with E-state index in [1.807, 2.05) is 0 Å². The van der Waals surface area contributed by atoms with Crippen molar-refractivity contribution in [2.45, 2.75) is 367 Å². The lowest BCUT2D eigenvalue weighted by Crippen LogP contribution is -2.30. The van der Waals surface area contributed by atoms with Crippen LogP contribution in [0.4, 0.5) is 0 Å². The lowest BCUT2D eigenvalue weighted by molar-refractivity contribution is -0.167. The van der Waals surface area contributed by atoms with Crippen molar-refractivity contribution in [3.63, 3.8) is 0 Å². The van der Waals surface area contributed by atoms with Crippen LogP contribution in [0.1, 0.15) is 361 Å². The number of carbonyl (C=O) groups excluding carboxylic acids is 3. The van der Waals surface area contributed by atoms with Crippen molar-refractivity contribution in [2.75, 3.05) is 13.2 Å². The zero-order chi connectivity index (χ0) is 56.4. The second kappa shape index (κ2) is 66.6. The number of esters is 3. The minimum atomic E-state index is -0.779. The number of allylic oxidation sites excluding steroid dienone is 10. The van der Waals surface area contributed by atoms with Crippen LogP contribution in [0.2, 0.25) is 0 Å². The number of hydrogen-bond donors (Lipinski definition) is 0. The van der Waals surface area contributed by atoms with Gasteiger partial charge in [0.05, 0.1) is 0 Å². The molecule has 0 bridgehead atoms. The van der Waals surface area contributed by atoms with E-state index in [-0.39, 0.29) is 31.1 Å². The fraction of sp³-hybridized carbons (Fsp3) is 0.819. The molecule has 1 unspecified atom stereocenters. The Balaban J connectivity index is 4.31. The van der Waals surface area contributed by atoms with Crippen molar-refractivity contribution in [3.8, 4) is 0 Å². The maximum Gasteiger partial charge on any atom is 0.306 e. The first-order valence-electron chi connectivity index (χ1n) is 34.3. The third-order valence-electron chi connectivity index (χ3n) is 15.3. The van der Waals surface area contributed by atoms with Crippen molar-refractivity contribution in [1.82, 2.24) is 0 Å². The third-order valence-corrected chi connectivity index (χ3v) is 15.3. The molecule has 0 aliphatic rings. The van der Waals surface area contributed by atoms with Crippen molar-refractivity contribution >= 4 is 17.9 Å². The molecule has 0 aromatic heterocycles. The summed E-state index contributed by atoms with van der Waals surface area (Å²) < 4.78 is 17.0. The zero-order valence-corrected chi connectivity index (χ0v) is 52.2. The van der Waals surface area contributed by atoms with Gasteiger partial charge < -0.3 is 14.2 Å². The molecular formula is C72H130O6. The molecule has 0 aromatic rings. The first-order valence-corrected chi connectivity index (χ1v) is 34.3. The van der Waals surface area contributed by atoms with Gasteiger partial charge in [-0.05, 0) is 83.5 Å². The quantitative estimate of drug-likeness (QED) is 0.0261. The molecule has 6 nitrogen and oxygen atoms in total. The minimum Gasteiger partial charge on any atom is -0.462 e. The van der Waals surface area contributed by atoms with Crippen LogP contribution >= 0.6 is 0 Å². The summed E-state index contributed by atoms with van der Waals surface area (Å²) in [6.45, 7) is 6.57. The van der Waals surface area contributed by atoms with Crippen molar-refractivity contribution in [3.05, 3.63) is 60.8 Å². The van der Waals surface area contributed by atoms with E-state index in [0.717, 1.165) is 89.9 Å². The molecule has 6 heteroatoms. The fourth-order valence-corrected chi connectivity index (χ4v) is 10.1. The smallest absolute Gasteiger partial charge is 0.306 e. The lowest BCUT2D eigenvalue weighted by Gasteiger charge is -2.18. The van der Waals surface area contributed by atoms with Crippen LogP contribution in [-0.2, 0) is 28.6 Å². The Labute approximate surface area is 485 Å². The number of carbonyl (C=O) groups is 3. The molecular weight excluding hydrogens is 961 g/mol. The maximum absolute atomic E-state index is 13.0. The van der Waals surface area contributed by atoms with Gasteiger partial charge in [0.25, 0.3) is 0 Å². The molecule has 0 aliphatic heterocycles. The summed E-state index contributed by atoms with van der Waals surface area (Å²) in [5.41, 5.74) is 0. The highest BCUT2D eigenvalue weighted by Gasteiger charge is 2.19. The molecule has 0 radical (unpaired) electrons. The molecule has 0 amide bonds. The van der Waals surface area contributed by atoms with Crippen molar-refractivity contribution in [1.29, 1.82) is 0 Å². The summed E-state index contributed by atoms with van der Waals surface area (Å²) in [6.07, 6.45) is 85.2. The molecule has 0 aromatic carbocycles. The van der Waals surface area contributed by atoms with Gasteiger partial charge in [-0.15, -0.1) is 0 Å². The van der Waals surface area contributed by atoms with Crippen LogP contribution in [0.5, 0.6) is 0 Å². The summed E-state index contributed by atoms with van der Waals surface area (Å²) in [5.74, 6) is -0.864. The molecule has 0 saturated heterocycles. The molecule has 0 fully saturated rings.